The van der Waals surface area contributed by atoms with Gasteiger partial charge in [0.05, 0.1) is 17.2 Å². The summed E-state index contributed by atoms with van der Waals surface area (Å²) in [7, 11) is 0. The van der Waals surface area contributed by atoms with Crippen LogP contribution in [0.4, 0.5) is 4.79 Å². The van der Waals surface area contributed by atoms with Crippen LogP contribution in [0.5, 0.6) is 0 Å². The lowest BCUT2D eigenvalue weighted by atomic mass is 10.1. The Bertz CT molecular complexity index is 679. The van der Waals surface area contributed by atoms with Gasteiger partial charge in [-0.15, -0.1) is 0 Å². The first-order valence-corrected chi connectivity index (χ1v) is 9.50. The molecule has 1 aliphatic rings. The summed E-state index contributed by atoms with van der Waals surface area (Å²) in [6.07, 6.45) is 0.126. The number of unbranched alkanes of at least 4 members (excludes halogenated alkanes) is 1. The van der Waals surface area contributed by atoms with Gasteiger partial charge in [-0.25, -0.2) is 4.79 Å². The molecule has 3 amide bonds. The topological polar surface area (TPSA) is 108 Å². The number of fused-ring (bicyclic) bond motifs is 1. The van der Waals surface area contributed by atoms with Crippen LogP contribution in [-0.4, -0.2) is 65.8 Å². The molecule has 3 N–H and O–H groups in total. The normalized spacial score (nSPS) is 14.8. The van der Waals surface area contributed by atoms with E-state index in [4.69, 9.17) is 4.74 Å². The molecule has 1 heterocycles. The van der Waals surface area contributed by atoms with Crippen LogP contribution >= 0.6 is 0 Å². The molecule has 2 rings (SSSR count). The molecule has 0 saturated heterocycles. The molecule has 1 aliphatic heterocycles. The predicted octanol–water partition coefficient (Wildman–Crippen LogP) is 1.54. The Morgan fingerprint density at radius 2 is 1.71 bits per heavy atom. The Morgan fingerprint density at radius 3 is 2.29 bits per heavy atom. The zero-order valence-corrected chi connectivity index (χ0v) is 16.7. The lowest BCUT2D eigenvalue weighted by Gasteiger charge is -2.20. The maximum absolute atomic E-state index is 12.2. The molecule has 1 aromatic rings. The summed E-state index contributed by atoms with van der Waals surface area (Å²) in [6, 6.07) is 6.84. The number of nitrogens with one attached hydrogen (secondary N) is 2. The third-order valence-corrected chi connectivity index (χ3v) is 4.12. The molecule has 154 valence electrons. The number of amides is 3. The minimum Gasteiger partial charge on any atom is -0.444 e. The lowest BCUT2D eigenvalue weighted by molar-refractivity contribution is 0.0491. The van der Waals surface area contributed by atoms with Gasteiger partial charge in [-0.05, 0) is 52.3 Å². The SMILES string of the molecule is CC(C)(C)OC(=O)NCC(O)CNCCCCN1C(=O)c2ccccc2C1=O. The molecule has 0 radical (unpaired) electrons. The highest BCUT2D eigenvalue weighted by Gasteiger charge is 2.34. The van der Waals surface area contributed by atoms with E-state index in [1.807, 2.05) is 0 Å². The zero-order chi connectivity index (χ0) is 20.7. The first-order valence-electron chi connectivity index (χ1n) is 9.50. The molecule has 1 unspecified atom stereocenters. The van der Waals surface area contributed by atoms with Crippen LogP contribution in [0.3, 0.4) is 0 Å². The Kier molecular flexibility index (Phi) is 7.53. The van der Waals surface area contributed by atoms with Crippen molar-refractivity contribution < 1.29 is 24.2 Å². The minimum atomic E-state index is -0.733. The molecule has 8 heteroatoms. The van der Waals surface area contributed by atoms with Crippen molar-refractivity contribution in [1.82, 2.24) is 15.5 Å². The van der Waals surface area contributed by atoms with E-state index in [2.05, 4.69) is 10.6 Å². The van der Waals surface area contributed by atoms with Crippen LogP contribution in [0.15, 0.2) is 24.3 Å². The monoisotopic (exact) mass is 391 g/mol. The molecule has 0 fully saturated rings. The second-order valence-electron chi connectivity index (χ2n) is 7.76. The highest BCUT2D eigenvalue weighted by atomic mass is 16.6. The maximum atomic E-state index is 12.2. The van der Waals surface area contributed by atoms with Crippen molar-refractivity contribution in [1.29, 1.82) is 0 Å². The quantitative estimate of drug-likeness (QED) is 0.435. The predicted molar refractivity (Wildman–Crippen MR) is 104 cm³/mol. The van der Waals surface area contributed by atoms with Crippen molar-refractivity contribution >= 4 is 17.9 Å². The zero-order valence-electron chi connectivity index (χ0n) is 16.7. The number of carbonyl (C=O) groups excluding carboxylic acids is 3. The summed E-state index contributed by atoms with van der Waals surface area (Å²) in [5, 5.41) is 15.5. The lowest BCUT2D eigenvalue weighted by Crippen LogP contribution is -2.40. The fraction of sp³-hybridized carbons (Fsp3) is 0.550. The molecular weight excluding hydrogens is 362 g/mol. The Hall–Kier alpha value is -2.45. The van der Waals surface area contributed by atoms with Crippen LogP contribution in [-0.2, 0) is 4.74 Å². The van der Waals surface area contributed by atoms with Gasteiger partial charge in [0, 0.05) is 19.6 Å². The van der Waals surface area contributed by atoms with E-state index in [0.29, 0.717) is 37.2 Å². The summed E-state index contributed by atoms with van der Waals surface area (Å²) in [4.78, 5) is 37.3. The Balaban J connectivity index is 1.57. The number of carbonyl (C=O) groups is 3. The van der Waals surface area contributed by atoms with E-state index in [0.717, 1.165) is 6.42 Å². The van der Waals surface area contributed by atoms with Crippen molar-refractivity contribution in [2.75, 3.05) is 26.2 Å². The number of nitrogens with zero attached hydrogens (tertiary/aromatic N) is 1. The summed E-state index contributed by atoms with van der Waals surface area (Å²) in [5.74, 6) is -0.477. The van der Waals surface area contributed by atoms with E-state index in [9.17, 15) is 19.5 Å². The summed E-state index contributed by atoms with van der Waals surface area (Å²) in [6.45, 7) is 6.73. The Morgan fingerprint density at radius 1 is 1.11 bits per heavy atom. The van der Waals surface area contributed by atoms with Crippen molar-refractivity contribution in [3.63, 3.8) is 0 Å². The molecule has 0 bridgehead atoms. The van der Waals surface area contributed by atoms with E-state index < -0.39 is 17.8 Å². The van der Waals surface area contributed by atoms with E-state index in [-0.39, 0.29) is 18.4 Å². The molecule has 1 aromatic carbocycles. The van der Waals surface area contributed by atoms with E-state index >= 15 is 0 Å². The van der Waals surface area contributed by atoms with Crippen molar-refractivity contribution in [2.45, 2.75) is 45.3 Å². The average Bonchev–Trinajstić information content (AvgIpc) is 2.86. The molecule has 0 saturated carbocycles. The maximum Gasteiger partial charge on any atom is 0.407 e. The van der Waals surface area contributed by atoms with Crippen LogP contribution in [0.2, 0.25) is 0 Å². The number of alkyl carbamates (subject to hydrolysis) is 1. The van der Waals surface area contributed by atoms with Gasteiger partial charge in [0.25, 0.3) is 11.8 Å². The third kappa shape index (κ3) is 6.31. The number of ether oxygens (including phenoxy) is 1. The molecule has 28 heavy (non-hydrogen) atoms. The van der Waals surface area contributed by atoms with Gasteiger partial charge in [-0.2, -0.15) is 0 Å². The number of aliphatic hydroxyl groups excluding tert-OH is 1. The van der Waals surface area contributed by atoms with Gasteiger partial charge < -0.3 is 20.5 Å². The molecule has 0 spiro atoms. The molecule has 8 nitrogen and oxygen atoms in total. The van der Waals surface area contributed by atoms with Gasteiger partial charge in [0.15, 0.2) is 0 Å². The highest BCUT2D eigenvalue weighted by Crippen LogP contribution is 2.22. The highest BCUT2D eigenvalue weighted by molar-refractivity contribution is 6.21. The number of aliphatic hydroxyl groups is 1. The summed E-state index contributed by atoms with van der Waals surface area (Å²) < 4.78 is 5.09. The molecular formula is C20H29N3O5. The molecule has 0 aromatic heterocycles. The largest absolute Gasteiger partial charge is 0.444 e. The minimum absolute atomic E-state index is 0.0942. The van der Waals surface area contributed by atoms with E-state index in [1.54, 1.807) is 45.0 Å². The average molecular weight is 391 g/mol. The van der Waals surface area contributed by atoms with Crippen LogP contribution < -0.4 is 10.6 Å². The fourth-order valence-corrected chi connectivity index (χ4v) is 2.82. The number of hydrogen-bond acceptors (Lipinski definition) is 6. The smallest absolute Gasteiger partial charge is 0.407 e. The third-order valence-electron chi connectivity index (χ3n) is 4.12. The van der Waals surface area contributed by atoms with E-state index in [1.165, 1.54) is 4.90 Å². The van der Waals surface area contributed by atoms with Gasteiger partial charge in [-0.1, -0.05) is 12.1 Å². The second-order valence-corrected chi connectivity index (χ2v) is 7.76. The number of benzene rings is 1. The number of hydrogen-bond donors (Lipinski definition) is 3. The first kappa shape index (κ1) is 21.8. The van der Waals surface area contributed by atoms with Crippen molar-refractivity contribution in [3.8, 4) is 0 Å². The second kappa shape index (κ2) is 9.66. The van der Waals surface area contributed by atoms with Gasteiger partial charge in [-0.3, -0.25) is 14.5 Å². The van der Waals surface area contributed by atoms with Crippen LogP contribution in [0, 0.1) is 0 Å². The molecule has 1 atom stereocenters. The molecule has 0 aliphatic carbocycles. The van der Waals surface area contributed by atoms with Gasteiger partial charge in [0.1, 0.15) is 5.60 Å². The number of rotatable bonds is 9. The van der Waals surface area contributed by atoms with Crippen molar-refractivity contribution in [3.05, 3.63) is 35.4 Å². The first-order chi connectivity index (χ1) is 13.2. The van der Waals surface area contributed by atoms with Crippen molar-refractivity contribution in [2.24, 2.45) is 0 Å². The van der Waals surface area contributed by atoms with Crippen LogP contribution in [0.1, 0.15) is 54.3 Å². The Labute approximate surface area is 165 Å². The van der Waals surface area contributed by atoms with Gasteiger partial charge >= 0.3 is 6.09 Å². The van der Waals surface area contributed by atoms with Gasteiger partial charge in [0.2, 0.25) is 0 Å². The summed E-state index contributed by atoms with van der Waals surface area (Å²) in [5.41, 5.74) is 0.352. The summed E-state index contributed by atoms with van der Waals surface area (Å²) >= 11 is 0. The fourth-order valence-electron chi connectivity index (χ4n) is 2.82. The standard InChI is InChI=1S/C20H29N3O5/c1-20(2,3)28-19(27)22-13-14(24)12-21-10-6-7-11-23-17(25)15-8-4-5-9-16(15)18(23)26/h4-5,8-9,14,21,24H,6-7,10-13H2,1-3H3,(H,22,27). The number of imide groups is 1. The van der Waals surface area contributed by atoms with Crippen LogP contribution in [0.25, 0.3) is 0 Å².